The Morgan fingerprint density at radius 2 is 1.67 bits per heavy atom. The molecule has 1 atom stereocenters. The van der Waals surface area contributed by atoms with Gasteiger partial charge in [-0.2, -0.15) is 0 Å². The molecule has 7 nitrogen and oxygen atoms in total. The zero-order chi connectivity index (χ0) is 21.8. The van der Waals surface area contributed by atoms with Gasteiger partial charge in [-0.1, -0.05) is 12.1 Å². The number of hydrogen-bond donors (Lipinski definition) is 3. The maximum atomic E-state index is 13.3. The lowest BCUT2D eigenvalue weighted by Gasteiger charge is -2.31. The summed E-state index contributed by atoms with van der Waals surface area (Å²) in [7, 11) is 4.67. The minimum Gasteiger partial charge on any atom is -0.496 e. The molecule has 0 bridgehead atoms. The fourth-order valence-electron chi connectivity index (χ4n) is 3.43. The van der Waals surface area contributed by atoms with Crippen molar-refractivity contribution in [3.8, 4) is 17.2 Å². The maximum absolute atomic E-state index is 13.3. The minimum absolute atomic E-state index is 0.248. The molecule has 0 saturated heterocycles. The molecule has 0 aromatic heterocycles. The number of carbonyl (C=O) groups excluding carboxylic acids is 1. The van der Waals surface area contributed by atoms with E-state index in [4.69, 9.17) is 26.4 Å². The second-order valence-corrected chi connectivity index (χ2v) is 7.25. The van der Waals surface area contributed by atoms with Gasteiger partial charge in [0.05, 0.1) is 32.9 Å². The summed E-state index contributed by atoms with van der Waals surface area (Å²) in [5.41, 5.74) is 3.62. The van der Waals surface area contributed by atoms with Gasteiger partial charge in [0, 0.05) is 23.0 Å². The molecule has 0 fully saturated rings. The van der Waals surface area contributed by atoms with Gasteiger partial charge in [0.25, 0.3) is 5.91 Å². The average Bonchev–Trinajstić information content (AvgIpc) is 2.71. The van der Waals surface area contributed by atoms with Crippen LogP contribution in [0.3, 0.4) is 0 Å². The number of anilines is 1. The summed E-state index contributed by atoms with van der Waals surface area (Å²) in [5, 5.41) is 9.61. The van der Waals surface area contributed by atoms with Crippen LogP contribution in [0.1, 0.15) is 24.1 Å². The van der Waals surface area contributed by atoms with E-state index in [0.29, 0.717) is 44.9 Å². The van der Waals surface area contributed by atoms with Gasteiger partial charge < -0.3 is 30.2 Å². The fraction of sp³-hybridized carbons (Fsp3) is 0.273. The van der Waals surface area contributed by atoms with E-state index in [1.165, 1.54) is 0 Å². The monoisotopic (exact) mass is 427 g/mol. The standard InChI is InChI=1S/C22H25N3O4S/c1-12-7-6-8-14(9-12)24-21(26)19-13(2)23-22(30)25-20(19)15-10-17(28-4)18(29-5)11-16(15)27-3/h6-11,20H,1-5H3,(H,24,26)(H2,23,25,30)/t20-/m0/s1. The Balaban J connectivity index is 2.07. The van der Waals surface area contributed by atoms with Crippen molar-refractivity contribution >= 4 is 28.9 Å². The first-order chi connectivity index (χ1) is 14.4. The number of hydrogen-bond acceptors (Lipinski definition) is 5. The van der Waals surface area contributed by atoms with Crippen LogP contribution in [0, 0.1) is 6.92 Å². The number of allylic oxidation sites excluding steroid dienone is 1. The van der Waals surface area contributed by atoms with Crippen LogP contribution < -0.4 is 30.2 Å². The summed E-state index contributed by atoms with van der Waals surface area (Å²) >= 11 is 5.35. The highest BCUT2D eigenvalue weighted by atomic mass is 32.1. The molecule has 0 aliphatic carbocycles. The Morgan fingerprint density at radius 3 is 2.30 bits per heavy atom. The van der Waals surface area contributed by atoms with Crippen LogP contribution in [0.5, 0.6) is 17.2 Å². The molecule has 1 aliphatic rings. The minimum atomic E-state index is -0.543. The highest BCUT2D eigenvalue weighted by molar-refractivity contribution is 7.80. The van der Waals surface area contributed by atoms with E-state index in [2.05, 4.69) is 16.0 Å². The third-order valence-corrected chi connectivity index (χ3v) is 5.06. The van der Waals surface area contributed by atoms with E-state index in [1.807, 2.05) is 38.1 Å². The van der Waals surface area contributed by atoms with Gasteiger partial charge in [0.1, 0.15) is 5.75 Å². The first-order valence-electron chi connectivity index (χ1n) is 9.34. The molecule has 0 saturated carbocycles. The van der Waals surface area contributed by atoms with Crippen LogP contribution in [0.4, 0.5) is 5.69 Å². The molecule has 0 spiro atoms. The second kappa shape index (κ2) is 9.04. The molecule has 1 amide bonds. The zero-order valence-electron chi connectivity index (χ0n) is 17.6. The Kier molecular flexibility index (Phi) is 6.47. The van der Waals surface area contributed by atoms with Crippen LogP contribution in [0.2, 0.25) is 0 Å². The van der Waals surface area contributed by atoms with Crippen LogP contribution in [0.15, 0.2) is 47.7 Å². The Morgan fingerprint density at radius 1 is 1.00 bits per heavy atom. The third kappa shape index (κ3) is 4.33. The molecular weight excluding hydrogens is 402 g/mol. The van der Waals surface area contributed by atoms with Crippen molar-refractivity contribution in [3.63, 3.8) is 0 Å². The van der Waals surface area contributed by atoms with Gasteiger partial charge in [0.15, 0.2) is 16.6 Å². The van der Waals surface area contributed by atoms with E-state index >= 15 is 0 Å². The number of nitrogens with one attached hydrogen (secondary N) is 3. The van der Waals surface area contributed by atoms with Crippen molar-refractivity contribution in [2.75, 3.05) is 26.6 Å². The number of aryl methyl sites for hydroxylation is 1. The van der Waals surface area contributed by atoms with Crippen LogP contribution >= 0.6 is 12.2 Å². The molecule has 2 aromatic rings. The summed E-state index contributed by atoms with van der Waals surface area (Å²) in [6.07, 6.45) is 0. The van der Waals surface area contributed by atoms with Gasteiger partial charge in [-0.05, 0) is 49.8 Å². The summed E-state index contributed by atoms with van der Waals surface area (Å²) < 4.78 is 16.4. The number of carbonyl (C=O) groups is 1. The highest BCUT2D eigenvalue weighted by Gasteiger charge is 2.33. The van der Waals surface area contributed by atoms with E-state index in [-0.39, 0.29) is 5.91 Å². The molecule has 0 radical (unpaired) electrons. The summed E-state index contributed by atoms with van der Waals surface area (Å²) in [4.78, 5) is 13.3. The molecule has 158 valence electrons. The number of benzene rings is 2. The van der Waals surface area contributed by atoms with E-state index < -0.39 is 6.04 Å². The average molecular weight is 428 g/mol. The van der Waals surface area contributed by atoms with Crippen molar-refractivity contribution < 1.29 is 19.0 Å². The molecule has 1 heterocycles. The van der Waals surface area contributed by atoms with Gasteiger partial charge in [0.2, 0.25) is 0 Å². The Bertz CT molecular complexity index is 1020. The number of ether oxygens (including phenoxy) is 3. The lowest BCUT2D eigenvalue weighted by Crippen LogP contribution is -2.45. The maximum Gasteiger partial charge on any atom is 0.255 e. The van der Waals surface area contributed by atoms with Crippen LogP contribution in [-0.4, -0.2) is 32.3 Å². The van der Waals surface area contributed by atoms with E-state index in [9.17, 15) is 4.79 Å². The summed E-state index contributed by atoms with van der Waals surface area (Å²) in [6.45, 7) is 3.79. The summed E-state index contributed by atoms with van der Waals surface area (Å²) in [5.74, 6) is 1.35. The van der Waals surface area contributed by atoms with Crippen molar-refractivity contribution in [3.05, 3.63) is 58.8 Å². The van der Waals surface area contributed by atoms with Crippen LogP contribution in [0.25, 0.3) is 0 Å². The topological polar surface area (TPSA) is 80.9 Å². The Labute approximate surface area is 181 Å². The predicted molar refractivity (Wildman–Crippen MR) is 120 cm³/mol. The largest absolute Gasteiger partial charge is 0.496 e. The molecule has 1 aliphatic heterocycles. The van der Waals surface area contributed by atoms with Gasteiger partial charge in [-0.3, -0.25) is 4.79 Å². The van der Waals surface area contributed by atoms with Gasteiger partial charge >= 0.3 is 0 Å². The summed E-state index contributed by atoms with van der Waals surface area (Å²) in [6, 6.07) is 10.6. The zero-order valence-corrected chi connectivity index (χ0v) is 18.4. The number of methoxy groups -OCH3 is 3. The molecule has 0 unspecified atom stereocenters. The molecule has 8 heteroatoms. The van der Waals surface area contributed by atoms with Crippen molar-refractivity contribution in [2.45, 2.75) is 19.9 Å². The second-order valence-electron chi connectivity index (χ2n) is 6.84. The van der Waals surface area contributed by atoms with E-state index in [0.717, 1.165) is 5.56 Å². The van der Waals surface area contributed by atoms with Crippen molar-refractivity contribution in [1.82, 2.24) is 10.6 Å². The lowest BCUT2D eigenvalue weighted by molar-refractivity contribution is -0.113. The predicted octanol–water partition coefficient (Wildman–Crippen LogP) is 3.45. The molecule has 3 rings (SSSR count). The third-order valence-electron chi connectivity index (χ3n) is 4.84. The molecule has 3 N–H and O–H groups in total. The first kappa shape index (κ1) is 21.4. The SMILES string of the molecule is COc1cc(OC)c([C@@H]2NC(=S)NC(C)=C2C(=O)Nc2cccc(C)c2)cc1OC. The number of thiocarbonyl (C=S) groups is 1. The van der Waals surface area contributed by atoms with Gasteiger partial charge in [-0.15, -0.1) is 0 Å². The van der Waals surface area contributed by atoms with Crippen molar-refractivity contribution in [2.24, 2.45) is 0 Å². The highest BCUT2D eigenvalue weighted by Crippen LogP contribution is 2.40. The van der Waals surface area contributed by atoms with Crippen LogP contribution in [-0.2, 0) is 4.79 Å². The number of amides is 1. The fourth-order valence-corrected chi connectivity index (χ4v) is 3.70. The molecular formula is C22H25N3O4S. The normalized spacial score (nSPS) is 15.8. The number of rotatable bonds is 6. The lowest BCUT2D eigenvalue weighted by atomic mass is 9.93. The van der Waals surface area contributed by atoms with E-state index in [1.54, 1.807) is 33.5 Å². The van der Waals surface area contributed by atoms with Gasteiger partial charge in [-0.25, -0.2) is 0 Å². The molecule has 2 aromatic carbocycles. The van der Waals surface area contributed by atoms with Crippen molar-refractivity contribution in [1.29, 1.82) is 0 Å². The Hall–Kier alpha value is -3.26. The quantitative estimate of drug-likeness (QED) is 0.609. The molecule has 30 heavy (non-hydrogen) atoms. The first-order valence-corrected chi connectivity index (χ1v) is 9.75. The smallest absolute Gasteiger partial charge is 0.255 e.